The van der Waals surface area contributed by atoms with E-state index in [1.165, 1.54) is 0 Å². The highest BCUT2D eigenvalue weighted by atomic mass is 32.2. The molecule has 0 aliphatic heterocycles. The van der Waals surface area contributed by atoms with Crippen molar-refractivity contribution in [2.75, 3.05) is 17.6 Å². The second-order valence-electron chi connectivity index (χ2n) is 3.77. The van der Waals surface area contributed by atoms with Crippen LogP contribution in [-0.4, -0.2) is 32.8 Å². The molecule has 5 nitrogen and oxygen atoms in total. The van der Waals surface area contributed by atoms with Crippen molar-refractivity contribution < 1.29 is 31.5 Å². The molecule has 9 heteroatoms. The normalized spacial score (nSPS) is 12.3. The molecule has 0 spiro atoms. The Labute approximate surface area is 107 Å². The van der Waals surface area contributed by atoms with E-state index in [2.05, 4.69) is 0 Å². The van der Waals surface area contributed by atoms with Crippen LogP contribution in [0.1, 0.15) is 15.9 Å². The Morgan fingerprint density at radius 3 is 2.21 bits per heavy atom. The van der Waals surface area contributed by atoms with Crippen molar-refractivity contribution >= 4 is 21.7 Å². The topological polar surface area (TPSA) is 74.7 Å². The van der Waals surface area contributed by atoms with E-state index in [-0.39, 0.29) is 0 Å². The Bertz CT molecular complexity index is 610. The fourth-order valence-electron chi connectivity index (χ4n) is 1.33. The van der Waals surface area contributed by atoms with Gasteiger partial charge in [-0.2, -0.15) is 13.2 Å². The van der Waals surface area contributed by atoms with Crippen LogP contribution in [0, 0.1) is 0 Å². The summed E-state index contributed by atoms with van der Waals surface area (Å²) in [4.78, 5) is 10.9. The molecule has 1 N–H and O–H groups in total. The first-order valence-corrected chi connectivity index (χ1v) is 6.68. The number of hydrogen-bond acceptors (Lipinski definition) is 3. The molecular formula is C10H10F3NO4S. The molecule has 1 rings (SSSR count). The van der Waals surface area contributed by atoms with Crippen molar-refractivity contribution in [3.63, 3.8) is 0 Å². The molecule has 1 aromatic carbocycles. The average molecular weight is 297 g/mol. The minimum absolute atomic E-state index is 0.491. The SMILES string of the molecule is CN(c1cc(C(F)(F)F)ccc1C(=O)O)S(C)(=O)=O. The van der Waals surface area contributed by atoms with Crippen LogP contribution in [0.4, 0.5) is 18.9 Å². The number of aromatic carboxylic acids is 1. The van der Waals surface area contributed by atoms with Gasteiger partial charge in [0.15, 0.2) is 0 Å². The van der Waals surface area contributed by atoms with Crippen molar-refractivity contribution in [3.05, 3.63) is 29.3 Å². The molecule has 0 saturated carbocycles. The lowest BCUT2D eigenvalue weighted by atomic mass is 10.1. The molecule has 0 aliphatic rings. The molecule has 0 aromatic heterocycles. The van der Waals surface area contributed by atoms with Crippen LogP contribution in [0.3, 0.4) is 0 Å². The molecule has 0 unspecified atom stereocenters. The summed E-state index contributed by atoms with van der Waals surface area (Å²) < 4.78 is 60.8. The molecule has 0 bridgehead atoms. The molecule has 0 amide bonds. The number of alkyl halides is 3. The molecular weight excluding hydrogens is 287 g/mol. The van der Waals surface area contributed by atoms with Gasteiger partial charge in [0.1, 0.15) is 0 Å². The van der Waals surface area contributed by atoms with E-state index in [9.17, 15) is 26.4 Å². The van der Waals surface area contributed by atoms with E-state index in [1.807, 2.05) is 0 Å². The lowest BCUT2D eigenvalue weighted by Gasteiger charge is -2.20. The van der Waals surface area contributed by atoms with Crippen molar-refractivity contribution in [2.45, 2.75) is 6.18 Å². The van der Waals surface area contributed by atoms with Gasteiger partial charge in [-0.05, 0) is 18.2 Å². The van der Waals surface area contributed by atoms with Gasteiger partial charge >= 0.3 is 12.1 Å². The predicted octanol–water partition coefficient (Wildman–Crippen LogP) is 1.80. The minimum atomic E-state index is -4.69. The zero-order valence-electron chi connectivity index (χ0n) is 9.89. The summed E-state index contributed by atoms with van der Waals surface area (Å²) in [5.41, 5.74) is -2.19. The van der Waals surface area contributed by atoms with Crippen molar-refractivity contribution in [1.29, 1.82) is 0 Å². The van der Waals surface area contributed by atoms with Crippen LogP contribution in [0.25, 0.3) is 0 Å². The first-order valence-electron chi connectivity index (χ1n) is 4.83. The first kappa shape index (κ1) is 15.3. The molecule has 19 heavy (non-hydrogen) atoms. The summed E-state index contributed by atoms with van der Waals surface area (Å²) in [6, 6.07) is 1.80. The molecule has 0 atom stereocenters. The Hall–Kier alpha value is -1.77. The maximum atomic E-state index is 12.5. The highest BCUT2D eigenvalue weighted by Gasteiger charge is 2.32. The lowest BCUT2D eigenvalue weighted by molar-refractivity contribution is -0.137. The largest absolute Gasteiger partial charge is 0.478 e. The number of sulfonamides is 1. The number of carbonyl (C=O) groups is 1. The number of anilines is 1. The summed E-state index contributed by atoms with van der Waals surface area (Å²) in [6.07, 6.45) is -3.93. The molecule has 1 aromatic rings. The summed E-state index contributed by atoms with van der Waals surface area (Å²) in [6.45, 7) is 0. The van der Waals surface area contributed by atoms with Crippen molar-refractivity contribution in [2.24, 2.45) is 0 Å². The van der Waals surface area contributed by atoms with Gasteiger partial charge in [0.05, 0.1) is 23.1 Å². The summed E-state index contributed by atoms with van der Waals surface area (Å²) in [7, 11) is -2.89. The van der Waals surface area contributed by atoms with Gasteiger partial charge in [0, 0.05) is 7.05 Å². The van der Waals surface area contributed by atoms with E-state index >= 15 is 0 Å². The quantitative estimate of drug-likeness (QED) is 0.923. The number of rotatable bonds is 3. The lowest BCUT2D eigenvalue weighted by Crippen LogP contribution is -2.27. The highest BCUT2D eigenvalue weighted by Crippen LogP contribution is 2.33. The van der Waals surface area contributed by atoms with E-state index in [4.69, 9.17) is 5.11 Å². The third-order valence-corrected chi connectivity index (χ3v) is 3.58. The zero-order chi connectivity index (χ0) is 15.0. The standard InChI is InChI=1S/C10H10F3NO4S/c1-14(19(2,17)18)8-5-6(10(11,12)13)3-4-7(8)9(15)16/h3-5H,1-2H3,(H,15,16). The molecule has 0 aliphatic carbocycles. The smallest absolute Gasteiger partial charge is 0.416 e. The van der Waals surface area contributed by atoms with Crippen LogP contribution in [0.2, 0.25) is 0 Å². The van der Waals surface area contributed by atoms with Crippen LogP contribution >= 0.6 is 0 Å². The Kier molecular flexibility index (Phi) is 3.80. The number of benzene rings is 1. The van der Waals surface area contributed by atoms with Crippen LogP contribution in [-0.2, 0) is 16.2 Å². The third kappa shape index (κ3) is 3.37. The Balaban J connectivity index is 3.53. The fraction of sp³-hybridized carbons (Fsp3) is 0.300. The molecule has 0 fully saturated rings. The van der Waals surface area contributed by atoms with Crippen LogP contribution in [0.15, 0.2) is 18.2 Å². The van der Waals surface area contributed by atoms with Gasteiger partial charge in [0.25, 0.3) is 0 Å². The number of hydrogen-bond donors (Lipinski definition) is 1. The van der Waals surface area contributed by atoms with E-state index in [1.54, 1.807) is 0 Å². The first-order chi connectivity index (χ1) is 8.44. The highest BCUT2D eigenvalue weighted by molar-refractivity contribution is 7.92. The number of carboxylic acids is 1. The minimum Gasteiger partial charge on any atom is -0.478 e. The van der Waals surface area contributed by atoms with Crippen molar-refractivity contribution in [3.8, 4) is 0 Å². The van der Waals surface area contributed by atoms with Gasteiger partial charge in [-0.1, -0.05) is 0 Å². The molecule has 0 radical (unpaired) electrons. The Morgan fingerprint density at radius 1 is 1.32 bits per heavy atom. The van der Waals surface area contributed by atoms with Crippen LogP contribution < -0.4 is 4.31 Å². The van der Waals surface area contributed by atoms with Gasteiger partial charge in [-0.3, -0.25) is 4.31 Å². The zero-order valence-corrected chi connectivity index (χ0v) is 10.7. The summed E-state index contributed by atoms with van der Waals surface area (Å²) >= 11 is 0. The van der Waals surface area contributed by atoms with Gasteiger partial charge in [0.2, 0.25) is 10.0 Å². The Morgan fingerprint density at radius 2 is 1.84 bits per heavy atom. The van der Waals surface area contributed by atoms with Crippen LogP contribution in [0.5, 0.6) is 0 Å². The summed E-state index contributed by atoms with van der Waals surface area (Å²) in [5.74, 6) is -1.51. The maximum absolute atomic E-state index is 12.5. The molecule has 0 heterocycles. The van der Waals surface area contributed by atoms with E-state index < -0.39 is 39.0 Å². The fourth-order valence-corrected chi connectivity index (χ4v) is 1.84. The van der Waals surface area contributed by atoms with Gasteiger partial charge in [-0.15, -0.1) is 0 Å². The van der Waals surface area contributed by atoms with E-state index in [0.717, 1.165) is 19.4 Å². The van der Waals surface area contributed by atoms with E-state index in [0.29, 0.717) is 16.4 Å². The predicted molar refractivity (Wildman–Crippen MR) is 61.7 cm³/mol. The molecule has 106 valence electrons. The second kappa shape index (κ2) is 4.72. The molecule has 0 saturated heterocycles. The van der Waals surface area contributed by atoms with Gasteiger partial charge < -0.3 is 5.11 Å². The van der Waals surface area contributed by atoms with Gasteiger partial charge in [-0.25, -0.2) is 13.2 Å². The van der Waals surface area contributed by atoms with Crippen molar-refractivity contribution in [1.82, 2.24) is 0 Å². The summed E-state index contributed by atoms with van der Waals surface area (Å²) in [5, 5.41) is 8.87. The number of nitrogens with zero attached hydrogens (tertiary/aromatic N) is 1. The average Bonchev–Trinajstić information content (AvgIpc) is 2.24. The second-order valence-corrected chi connectivity index (χ2v) is 5.78. The number of halogens is 3. The maximum Gasteiger partial charge on any atom is 0.416 e. The third-order valence-electron chi connectivity index (χ3n) is 2.39. The number of carboxylic acid groups (broad SMARTS) is 1. The monoisotopic (exact) mass is 297 g/mol.